The number of hydrogen-bond donors (Lipinski definition) is 0. The van der Waals surface area contributed by atoms with Gasteiger partial charge < -0.3 is 8.00 Å². The Morgan fingerprint density at radius 1 is 0.571 bits per heavy atom. The largest absolute Gasteiger partial charge is 0.310 e. The van der Waals surface area contributed by atoms with E-state index in [2.05, 4.69) is 99.0 Å². The Bertz CT molecular complexity index is 301. The predicted molar refractivity (Wildman–Crippen MR) is 114 cm³/mol. The van der Waals surface area contributed by atoms with Crippen LogP contribution in [0, 0.1) is 0 Å². The zero-order chi connectivity index (χ0) is 17.4. The molecule has 21 heavy (non-hydrogen) atoms. The molecule has 0 aliphatic carbocycles. The monoisotopic (exact) mass is 378 g/mol. The third-order valence-corrected chi connectivity index (χ3v) is 27.1. The fraction of sp³-hybridized carbons (Fsp3) is 0.857. The lowest BCUT2D eigenvalue weighted by atomic mass is 11.3. The quantitative estimate of drug-likeness (QED) is 0.374. The van der Waals surface area contributed by atoms with Crippen LogP contribution in [0.15, 0.2) is 12.4 Å². The zero-order valence-corrected chi connectivity index (χ0v) is 21.5. The lowest BCUT2D eigenvalue weighted by Gasteiger charge is -2.57. The topological polar surface area (TPSA) is 6.48 Å². The van der Waals surface area contributed by atoms with E-state index in [-0.39, 0.29) is 8.22 Å². The summed E-state index contributed by atoms with van der Waals surface area (Å²) in [5.74, 6) is 2.31. The molecule has 0 aromatic heterocycles. The summed E-state index contributed by atoms with van der Waals surface area (Å²) in [5, 5.41) is 0. The zero-order valence-electron chi connectivity index (χ0n) is 16.6. The first kappa shape index (κ1) is 22.0. The van der Waals surface area contributed by atoms with Gasteiger partial charge in [0.25, 0.3) is 0 Å². The van der Waals surface area contributed by atoms with Gasteiger partial charge in [0.2, 0.25) is 0 Å². The van der Waals surface area contributed by atoms with Crippen LogP contribution in [0.2, 0.25) is 78.6 Å². The molecule has 126 valence electrons. The van der Waals surface area contributed by atoms with E-state index >= 15 is 0 Å². The van der Waals surface area contributed by atoms with Crippen LogP contribution >= 0.6 is 8.22 Å². The van der Waals surface area contributed by atoms with Crippen LogP contribution in [0.4, 0.5) is 0 Å². The van der Waals surface area contributed by atoms with E-state index in [1.165, 1.54) is 0 Å². The maximum atomic E-state index is 4.29. The highest BCUT2D eigenvalue weighted by Gasteiger charge is 2.47. The van der Waals surface area contributed by atoms with Crippen molar-refractivity contribution in [3.05, 3.63) is 12.4 Å². The molecule has 0 radical (unpaired) electrons. The van der Waals surface area contributed by atoms with Crippen molar-refractivity contribution in [2.45, 2.75) is 78.6 Å². The van der Waals surface area contributed by atoms with Gasteiger partial charge >= 0.3 is 0 Å². The van der Waals surface area contributed by atoms with E-state index in [9.17, 15) is 0 Å². The third kappa shape index (κ3) is 6.16. The lowest BCUT2D eigenvalue weighted by Crippen LogP contribution is -2.63. The Kier molecular flexibility index (Phi) is 7.14. The van der Waals surface area contributed by atoms with Gasteiger partial charge in [0.15, 0.2) is 0 Å². The summed E-state index contributed by atoms with van der Waals surface area (Å²) >= 11 is 0. The second-order valence-electron chi connectivity index (χ2n) is 9.81. The van der Waals surface area contributed by atoms with Gasteiger partial charge in [0.1, 0.15) is 32.9 Å². The molecule has 0 saturated heterocycles. The molecule has 0 rings (SSSR count). The maximum absolute atomic E-state index is 4.29. The highest BCUT2D eigenvalue weighted by atomic mass is 31.1. The highest BCUT2D eigenvalue weighted by molar-refractivity contribution is 7.65. The summed E-state index contributed by atoms with van der Waals surface area (Å²) in [6.45, 7) is 34.4. The molecule has 0 fully saturated rings. The van der Waals surface area contributed by atoms with Gasteiger partial charge in [-0.25, -0.2) is 0 Å². The molecule has 7 heteroatoms. The molecular formula is C14H39N2PSi4. The summed E-state index contributed by atoms with van der Waals surface area (Å²) in [4.78, 5) is 0. The van der Waals surface area contributed by atoms with Crippen molar-refractivity contribution in [1.82, 2.24) is 8.00 Å². The highest BCUT2D eigenvalue weighted by Crippen LogP contribution is 2.55. The normalized spacial score (nSPS) is 15.2. The van der Waals surface area contributed by atoms with Gasteiger partial charge in [0, 0.05) is 8.22 Å². The van der Waals surface area contributed by atoms with Gasteiger partial charge in [-0.15, -0.1) is 0 Å². The second-order valence-corrected chi connectivity index (χ2v) is 33.2. The van der Waals surface area contributed by atoms with Crippen molar-refractivity contribution in [3.8, 4) is 0 Å². The van der Waals surface area contributed by atoms with E-state index in [4.69, 9.17) is 0 Å². The fourth-order valence-corrected chi connectivity index (χ4v) is 33.1. The minimum atomic E-state index is -1.37. The first-order valence-corrected chi connectivity index (χ1v) is 23.1. The van der Waals surface area contributed by atoms with E-state index in [1.54, 1.807) is 0 Å². The molecule has 0 aromatic carbocycles. The van der Waals surface area contributed by atoms with E-state index < -0.39 is 32.9 Å². The second kappa shape index (κ2) is 6.83. The van der Waals surface area contributed by atoms with Crippen LogP contribution in [0.25, 0.3) is 0 Å². The van der Waals surface area contributed by atoms with Gasteiger partial charge in [-0.3, -0.25) is 0 Å². The van der Waals surface area contributed by atoms with Crippen LogP contribution in [-0.2, 0) is 0 Å². The first-order chi connectivity index (χ1) is 8.94. The van der Waals surface area contributed by atoms with Crippen molar-refractivity contribution >= 4 is 41.2 Å². The van der Waals surface area contributed by atoms with E-state index in [0.29, 0.717) is 0 Å². The minimum Gasteiger partial charge on any atom is -0.310 e. The van der Waals surface area contributed by atoms with Crippen LogP contribution in [0.1, 0.15) is 0 Å². The Hall–Kier alpha value is 0.958. The summed E-state index contributed by atoms with van der Waals surface area (Å²) in [6.07, 6.45) is 0. The van der Waals surface area contributed by atoms with E-state index in [0.717, 1.165) is 0 Å². The average Bonchev–Trinajstić information content (AvgIpc) is 2.06. The van der Waals surface area contributed by atoms with Gasteiger partial charge in [-0.2, -0.15) is 0 Å². The van der Waals surface area contributed by atoms with Crippen LogP contribution in [-0.4, -0.2) is 40.9 Å². The van der Waals surface area contributed by atoms with Gasteiger partial charge in [0.05, 0.1) is 0 Å². The summed E-state index contributed by atoms with van der Waals surface area (Å²) in [7, 11) is -5.84. The average molecular weight is 379 g/mol. The van der Waals surface area contributed by atoms with Crippen molar-refractivity contribution < 1.29 is 0 Å². The SMILES string of the molecule is C=CP(N([Si](C)(C)C)[Si](C)(C)C)N([Si](C)(C)C)[Si](C)(C)C. The summed E-state index contributed by atoms with van der Waals surface area (Å²) in [5.41, 5.74) is 0. The predicted octanol–water partition coefficient (Wildman–Crippen LogP) is 6.39. The molecule has 0 heterocycles. The molecule has 0 aliphatic rings. The molecule has 0 N–H and O–H groups in total. The van der Waals surface area contributed by atoms with Crippen molar-refractivity contribution in [1.29, 1.82) is 0 Å². The summed E-state index contributed by atoms with van der Waals surface area (Å²) in [6, 6.07) is 0. The molecule has 2 nitrogen and oxygen atoms in total. The molecule has 0 spiro atoms. The summed E-state index contributed by atoms with van der Waals surface area (Å²) < 4.78 is 5.97. The Morgan fingerprint density at radius 2 is 0.762 bits per heavy atom. The minimum absolute atomic E-state index is 0.360. The van der Waals surface area contributed by atoms with Crippen LogP contribution < -0.4 is 0 Å². The number of nitrogens with zero attached hydrogens (tertiary/aromatic N) is 2. The lowest BCUT2D eigenvalue weighted by molar-refractivity contribution is 0.871. The Morgan fingerprint density at radius 3 is 0.857 bits per heavy atom. The van der Waals surface area contributed by atoms with Crippen molar-refractivity contribution in [2.75, 3.05) is 0 Å². The maximum Gasteiger partial charge on any atom is 0.117 e. The molecule has 0 aromatic rings. The van der Waals surface area contributed by atoms with Crippen molar-refractivity contribution in [3.63, 3.8) is 0 Å². The molecular weight excluding hydrogens is 339 g/mol. The number of hydrogen-bond acceptors (Lipinski definition) is 2. The first-order valence-electron chi connectivity index (χ1n) is 7.96. The third-order valence-electron chi connectivity index (χ3n) is 3.11. The Balaban J connectivity index is 6.10. The molecule has 0 aliphatic heterocycles. The standard InChI is InChI=1S/C14H39N2PSi4/c1-14-17(15(18(2,3)4)19(5,6)7)16(20(8,9)10)21(11,12)13/h14H,1H2,2-13H3. The molecule has 0 bridgehead atoms. The fourth-order valence-electron chi connectivity index (χ4n) is 3.49. The van der Waals surface area contributed by atoms with Crippen LogP contribution in [0.5, 0.6) is 0 Å². The van der Waals surface area contributed by atoms with Gasteiger partial charge in [-0.1, -0.05) is 85.1 Å². The smallest absolute Gasteiger partial charge is 0.117 e. The number of rotatable bonds is 7. The van der Waals surface area contributed by atoms with Crippen LogP contribution in [0.3, 0.4) is 0 Å². The molecule has 0 amide bonds. The van der Waals surface area contributed by atoms with E-state index in [1.807, 2.05) is 0 Å². The molecule has 0 atom stereocenters. The Labute approximate surface area is 140 Å². The molecule has 0 unspecified atom stereocenters. The van der Waals surface area contributed by atoms with Crippen molar-refractivity contribution in [2.24, 2.45) is 0 Å². The van der Waals surface area contributed by atoms with Gasteiger partial charge in [-0.05, 0) is 5.82 Å². The molecule has 0 saturated carbocycles.